The standard InChI is InChI=1S/C12H10N4O3/c1-15-11(14-7-12(15)16(17)18)8-19-10-4-2-3-9(5-10)6-13/h2-5,7H,8H2,1H3. The molecular weight excluding hydrogens is 248 g/mol. The van der Waals surface area contributed by atoms with Gasteiger partial charge in [0.2, 0.25) is 5.82 Å². The van der Waals surface area contributed by atoms with Gasteiger partial charge in [0.05, 0.1) is 18.7 Å². The number of hydrogen-bond donors (Lipinski definition) is 0. The van der Waals surface area contributed by atoms with Crippen molar-refractivity contribution in [1.82, 2.24) is 9.55 Å². The molecule has 0 spiro atoms. The van der Waals surface area contributed by atoms with E-state index in [0.29, 0.717) is 17.1 Å². The number of nitriles is 1. The molecule has 2 aromatic rings. The minimum atomic E-state index is -0.507. The highest BCUT2D eigenvalue weighted by molar-refractivity contribution is 5.36. The summed E-state index contributed by atoms with van der Waals surface area (Å²) in [4.78, 5) is 14.1. The summed E-state index contributed by atoms with van der Waals surface area (Å²) in [7, 11) is 1.55. The van der Waals surface area contributed by atoms with Crippen LogP contribution in [-0.2, 0) is 13.7 Å². The van der Waals surface area contributed by atoms with Crippen LogP contribution in [0.1, 0.15) is 11.4 Å². The minimum Gasteiger partial charge on any atom is -0.483 e. The molecule has 2 rings (SSSR count). The normalized spacial score (nSPS) is 9.89. The highest BCUT2D eigenvalue weighted by atomic mass is 16.6. The van der Waals surface area contributed by atoms with Crippen LogP contribution >= 0.6 is 0 Å². The fourth-order valence-corrected chi connectivity index (χ4v) is 1.54. The summed E-state index contributed by atoms with van der Waals surface area (Å²) in [6.07, 6.45) is 1.18. The van der Waals surface area contributed by atoms with Crippen LogP contribution in [0.3, 0.4) is 0 Å². The van der Waals surface area contributed by atoms with E-state index < -0.39 is 4.92 Å². The lowest BCUT2D eigenvalue weighted by molar-refractivity contribution is -0.391. The number of rotatable bonds is 4. The molecule has 19 heavy (non-hydrogen) atoms. The summed E-state index contributed by atoms with van der Waals surface area (Å²) in [5, 5.41) is 19.4. The number of nitro groups is 1. The number of imidazole rings is 1. The zero-order valence-corrected chi connectivity index (χ0v) is 10.1. The molecule has 0 aliphatic rings. The van der Waals surface area contributed by atoms with Crippen LogP contribution in [0.4, 0.5) is 5.82 Å². The van der Waals surface area contributed by atoms with Gasteiger partial charge in [-0.05, 0) is 23.1 Å². The summed E-state index contributed by atoms with van der Waals surface area (Å²) in [6.45, 7) is 0.0965. The van der Waals surface area contributed by atoms with Crippen LogP contribution in [-0.4, -0.2) is 14.5 Å². The maximum atomic E-state index is 10.7. The Morgan fingerprint density at radius 1 is 1.58 bits per heavy atom. The lowest BCUT2D eigenvalue weighted by atomic mass is 10.2. The number of ether oxygens (including phenoxy) is 1. The number of hydrogen-bond acceptors (Lipinski definition) is 5. The molecule has 96 valence electrons. The fourth-order valence-electron chi connectivity index (χ4n) is 1.54. The van der Waals surface area contributed by atoms with E-state index in [2.05, 4.69) is 4.98 Å². The van der Waals surface area contributed by atoms with E-state index in [1.807, 2.05) is 6.07 Å². The molecule has 7 heteroatoms. The van der Waals surface area contributed by atoms with Crippen LogP contribution in [0.2, 0.25) is 0 Å². The van der Waals surface area contributed by atoms with E-state index in [1.54, 1.807) is 31.3 Å². The Balaban J connectivity index is 2.10. The van der Waals surface area contributed by atoms with Crippen molar-refractivity contribution in [3.05, 3.63) is 52.0 Å². The van der Waals surface area contributed by atoms with Crippen LogP contribution in [0.5, 0.6) is 5.75 Å². The second-order valence-electron chi connectivity index (χ2n) is 3.78. The predicted octanol–water partition coefficient (Wildman–Crippen LogP) is 1.78. The average molecular weight is 258 g/mol. The first-order valence-corrected chi connectivity index (χ1v) is 5.39. The zero-order valence-electron chi connectivity index (χ0n) is 10.1. The molecule has 0 saturated heterocycles. The third-order valence-electron chi connectivity index (χ3n) is 2.58. The molecule has 1 aromatic carbocycles. The SMILES string of the molecule is Cn1c([N+](=O)[O-])cnc1COc1cccc(C#N)c1. The van der Waals surface area contributed by atoms with Gasteiger partial charge in [-0.3, -0.25) is 0 Å². The van der Waals surface area contributed by atoms with Crippen LogP contribution in [0, 0.1) is 21.4 Å². The minimum absolute atomic E-state index is 0.0932. The largest absolute Gasteiger partial charge is 0.483 e. The second kappa shape index (κ2) is 5.18. The predicted molar refractivity (Wildman–Crippen MR) is 65.4 cm³/mol. The van der Waals surface area contributed by atoms with Crippen molar-refractivity contribution in [1.29, 1.82) is 5.26 Å². The first-order valence-electron chi connectivity index (χ1n) is 5.39. The molecule has 0 atom stereocenters. The number of aromatic nitrogens is 2. The summed E-state index contributed by atoms with van der Waals surface area (Å²) < 4.78 is 6.81. The van der Waals surface area contributed by atoms with Crippen molar-refractivity contribution in [2.75, 3.05) is 0 Å². The maximum absolute atomic E-state index is 10.7. The molecule has 0 unspecified atom stereocenters. The molecule has 7 nitrogen and oxygen atoms in total. The highest BCUT2D eigenvalue weighted by Gasteiger charge is 2.16. The highest BCUT2D eigenvalue weighted by Crippen LogP contribution is 2.16. The summed E-state index contributed by atoms with van der Waals surface area (Å²) in [5.41, 5.74) is 0.489. The van der Waals surface area contributed by atoms with Gasteiger partial charge in [0.25, 0.3) is 0 Å². The lowest BCUT2D eigenvalue weighted by Crippen LogP contribution is -2.05. The molecule has 0 N–H and O–H groups in total. The average Bonchev–Trinajstić information content (AvgIpc) is 2.78. The topological polar surface area (TPSA) is 94.0 Å². The smallest absolute Gasteiger partial charge is 0.342 e. The molecular formula is C12H10N4O3. The van der Waals surface area contributed by atoms with Crippen molar-refractivity contribution in [2.45, 2.75) is 6.61 Å². The molecule has 0 fully saturated rings. The Labute approximate surface area is 108 Å². The molecule has 0 saturated carbocycles. The summed E-state index contributed by atoms with van der Waals surface area (Å²) in [5.74, 6) is 0.864. The Hall–Kier alpha value is -2.88. The second-order valence-corrected chi connectivity index (χ2v) is 3.78. The van der Waals surface area contributed by atoms with Crippen LogP contribution in [0.15, 0.2) is 30.5 Å². The van der Waals surface area contributed by atoms with Gasteiger partial charge >= 0.3 is 5.82 Å². The summed E-state index contributed by atoms with van der Waals surface area (Å²) >= 11 is 0. The van der Waals surface area contributed by atoms with E-state index in [9.17, 15) is 10.1 Å². The Morgan fingerprint density at radius 2 is 2.37 bits per heavy atom. The van der Waals surface area contributed by atoms with Crippen LogP contribution in [0.25, 0.3) is 0 Å². The zero-order chi connectivity index (χ0) is 13.8. The third-order valence-corrected chi connectivity index (χ3v) is 2.58. The first-order chi connectivity index (χ1) is 9.11. The fraction of sp³-hybridized carbons (Fsp3) is 0.167. The van der Waals surface area contributed by atoms with Gasteiger partial charge < -0.3 is 14.9 Å². The van der Waals surface area contributed by atoms with E-state index in [1.165, 1.54) is 10.8 Å². The number of benzene rings is 1. The van der Waals surface area contributed by atoms with Crippen molar-refractivity contribution in [2.24, 2.45) is 7.05 Å². The van der Waals surface area contributed by atoms with E-state index >= 15 is 0 Å². The Morgan fingerprint density at radius 3 is 3.00 bits per heavy atom. The Kier molecular flexibility index (Phi) is 3.43. The van der Waals surface area contributed by atoms with Gasteiger partial charge in [-0.1, -0.05) is 6.07 Å². The van der Waals surface area contributed by atoms with Gasteiger partial charge in [-0.25, -0.2) is 9.55 Å². The van der Waals surface area contributed by atoms with Crippen molar-refractivity contribution in [3.63, 3.8) is 0 Å². The monoisotopic (exact) mass is 258 g/mol. The van der Waals surface area contributed by atoms with Crippen molar-refractivity contribution in [3.8, 4) is 11.8 Å². The van der Waals surface area contributed by atoms with Gasteiger partial charge in [0, 0.05) is 0 Å². The molecule has 0 aliphatic heterocycles. The molecule has 1 aromatic heterocycles. The molecule has 1 heterocycles. The Bertz CT molecular complexity index is 657. The quantitative estimate of drug-likeness (QED) is 0.615. The van der Waals surface area contributed by atoms with Crippen molar-refractivity contribution < 1.29 is 9.66 Å². The van der Waals surface area contributed by atoms with E-state index in [0.717, 1.165) is 0 Å². The molecule has 0 bridgehead atoms. The molecule has 0 aliphatic carbocycles. The van der Waals surface area contributed by atoms with Gasteiger partial charge in [0.1, 0.15) is 11.9 Å². The van der Waals surface area contributed by atoms with Crippen LogP contribution < -0.4 is 4.74 Å². The maximum Gasteiger partial charge on any atom is 0.342 e. The van der Waals surface area contributed by atoms with E-state index in [4.69, 9.17) is 10.00 Å². The third kappa shape index (κ3) is 2.69. The first kappa shape index (κ1) is 12.6. The van der Waals surface area contributed by atoms with Gasteiger partial charge in [-0.2, -0.15) is 5.26 Å². The van der Waals surface area contributed by atoms with Crippen molar-refractivity contribution >= 4 is 5.82 Å². The summed E-state index contributed by atoms with van der Waals surface area (Å²) in [6, 6.07) is 8.68. The van der Waals surface area contributed by atoms with E-state index in [-0.39, 0.29) is 12.4 Å². The molecule has 0 amide bonds. The molecule has 0 radical (unpaired) electrons. The number of nitrogens with zero attached hydrogens (tertiary/aromatic N) is 4. The van der Waals surface area contributed by atoms with Gasteiger partial charge in [0.15, 0.2) is 6.61 Å². The van der Waals surface area contributed by atoms with Gasteiger partial charge in [-0.15, -0.1) is 0 Å². The lowest BCUT2D eigenvalue weighted by Gasteiger charge is -2.04.